The van der Waals surface area contributed by atoms with Crippen LogP contribution in [-0.4, -0.2) is 17.5 Å². The van der Waals surface area contributed by atoms with E-state index in [1.807, 2.05) is 5.57 Å². The van der Waals surface area contributed by atoms with Gasteiger partial charge in [0.1, 0.15) is 5.78 Å². The summed E-state index contributed by atoms with van der Waals surface area (Å²) in [5, 5.41) is 10.3. The maximum absolute atomic E-state index is 13.0. The summed E-state index contributed by atoms with van der Waals surface area (Å²) >= 11 is 0. The smallest absolute Gasteiger partial charge is 0.141 e. The predicted molar refractivity (Wildman–Crippen MR) is 131 cm³/mol. The number of carbonyl (C=O) groups excluding carboxylic acids is 1. The van der Waals surface area contributed by atoms with Gasteiger partial charge in [-0.3, -0.25) is 4.79 Å². The molecule has 2 heteroatoms. The second-order valence-corrected chi connectivity index (χ2v) is 14.9. The zero-order valence-corrected chi connectivity index (χ0v) is 21.9. The lowest BCUT2D eigenvalue weighted by atomic mass is 9.33. The van der Waals surface area contributed by atoms with Gasteiger partial charge in [-0.05, 0) is 103 Å². The van der Waals surface area contributed by atoms with Gasteiger partial charge in [0.25, 0.3) is 0 Å². The van der Waals surface area contributed by atoms with Gasteiger partial charge in [-0.15, -0.1) is 0 Å². The first kappa shape index (κ1) is 23.1. The summed E-state index contributed by atoms with van der Waals surface area (Å²) in [6.45, 7) is 17.4. The molecule has 0 aliphatic heterocycles. The number of Topliss-reactive ketones (excluding diaryl/α,β-unsaturated/α-hetero) is 1. The largest absolute Gasteiger partial charge is 0.395 e. The molecule has 2 nitrogen and oxygen atoms in total. The molecule has 0 radical (unpaired) electrons. The maximum atomic E-state index is 13.0. The summed E-state index contributed by atoms with van der Waals surface area (Å²) in [4.78, 5) is 13.0. The van der Waals surface area contributed by atoms with Crippen molar-refractivity contribution >= 4 is 5.78 Å². The van der Waals surface area contributed by atoms with E-state index in [-0.39, 0.29) is 17.4 Å². The summed E-state index contributed by atoms with van der Waals surface area (Å²) in [5.41, 5.74) is 2.93. The van der Waals surface area contributed by atoms with Crippen LogP contribution in [0.5, 0.6) is 0 Å². The average molecular weight is 441 g/mol. The molecule has 0 bridgehead atoms. The van der Waals surface area contributed by atoms with Crippen LogP contribution in [0, 0.1) is 50.2 Å². The molecule has 1 N–H and O–H groups in total. The van der Waals surface area contributed by atoms with Crippen molar-refractivity contribution in [1.82, 2.24) is 0 Å². The number of fused-ring (bicyclic) bond motifs is 7. The fourth-order valence-electron chi connectivity index (χ4n) is 10.3. The van der Waals surface area contributed by atoms with Gasteiger partial charge in [-0.2, -0.15) is 0 Å². The Morgan fingerprint density at radius 1 is 0.906 bits per heavy atom. The molecule has 0 aromatic rings. The molecular weight excluding hydrogens is 392 g/mol. The van der Waals surface area contributed by atoms with Crippen molar-refractivity contribution in [3.05, 3.63) is 11.6 Å². The molecule has 0 amide bonds. The molecular formula is C30H48O2. The topological polar surface area (TPSA) is 37.3 Å². The molecule has 4 saturated carbocycles. The quantitative estimate of drug-likeness (QED) is 0.433. The first-order valence-corrected chi connectivity index (χ1v) is 13.6. The summed E-state index contributed by atoms with van der Waals surface area (Å²) in [5.74, 6) is 1.98. The lowest BCUT2D eigenvalue weighted by Crippen LogP contribution is -2.64. The van der Waals surface area contributed by atoms with Crippen LogP contribution in [0.2, 0.25) is 0 Å². The fraction of sp³-hybridized carbons (Fsp3) is 0.900. The van der Waals surface area contributed by atoms with Gasteiger partial charge in [0.2, 0.25) is 0 Å². The van der Waals surface area contributed by atoms with E-state index in [0.29, 0.717) is 40.3 Å². The highest BCUT2D eigenvalue weighted by Gasteiger charge is 2.68. The van der Waals surface area contributed by atoms with E-state index in [2.05, 4.69) is 54.5 Å². The standard InChI is InChI=1S/C30H48O2/c1-25(2)14-15-26(3)16-17-29(6)20(21(26)18-25)8-9-23-27(4)12-11-24(32)28(5,19-31)22(27)10-13-30(23,29)7/h8,21-23,31H,9-19H2,1-7H3/t21-,22+,23+,26+,27-,28+,29+,30+/m0/s1. The molecule has 0 heterocycles. The molecule has 5 aliphatic rings. The van der Waals surface area contributed by atoms with Crippen LogP contribution in [0.15, 0.2) is 11.6 Å². The summed E-state index contributed by atoms with van der Waals surface area (Å²) in [6.07, 6.45) is 14.7. The van der Waals surface area contributed by atoms with Gasteiger partial charge >= 0.3 is 0 Å². The molecule has 4 fully saturated rings. The summed E-state index contributed by atoms with van der Waals surface area (Å²) in [6, 6.07) is 0. The molecule has 32 heavy (non-hydrogen) atoms. The molecule has 180 valence electrons. The van der Waals surface area contributed by atoms with E-state index < -0.39 is 5.41 Å². The Morgan fingerprint density at radius 2 is 1.59 bits per heavy atom. The van der Waals surface area contributed by atoms with Gasteiger partial charge < -0.3 is 5.11 Å². The van der Waals surface area contributed by atoms with E-state index in [1.165, 1.54) is 44.9 Å². The van der Waals surface area contributed by atoms with Crippen LogP contribution in [0.25, 0.3) is 0 Å². The van der Waals surface area contributed by atoms with Crippen LogP contribution >= 0.6 is 0 Å². The van der Waals surface area contributed by atoms with Crippen molar-refractivity contribution in [3.8, 4) is 0 Å². The van der Waals surface area contributed by atoms with E-state index in [1.54, 1.807) is 0 Å². The number of aliphatic hydroxyl groups excluding tert-OH is 1. The van der Waals surface area contributed by atoms with Gasteiger partial charge in [0.05, 0.1) is 12.0 Å². The van der Waals surface area contributed by atoms with Crippen LogP contribution in [0.3, 0.4) is 0 Å². The Bertz CT molecular complexity index is 855. The monoisotopic (exact) mass is 440 g/mol. The van der Waals surface area contributed by atoms with Crippen molar-refractivity contribution in [1.29, 1.82) is 0 Å². The zero-order valence-electron chi connectivity index (χ0n) is 21.9. The fourth-order valence-corrected chi connectivity index (χ4v) is 10.3. The maximum Gasteiger partial charge on any atom is 0.141 e. The zero-order chi connectivity index (χ0) is 23.4. The Labute approximate surface area is 197 Å². The minimum atomic E-state index is -0.544. The van der Waals surface area contributed by atoms with Gasteiger partial charge in [-0.1, -0.05) is 60.1 Å². The average Bonchev–Trinajstić information content (AvgIpc) is 2.73. The number of carbonyl (C=O) groups is 1. The molecule has 5 rings (SSSR count). The molecule has 8 atom stereocenters. The van der Waals surface area contributed by atoms with Gasteiger partial charge in [0.15, 0.2) is 0 Å². The molecule has 0 aromatic heterocycles. The molecule has 0 saturated heterocycles. The minimum Gasteiger partial charge on any atom is -0.395 e. The second-order valence-electron chi connectivity index (χ2n) is 14.9. The SMILES string of the molecule is CC1(C)CC[C@]2(C)CC[C@]3(C)C(=CC[C@@H]4[C@@]5(C)CCC(=O)[C@](C)(CO)[C@@H]5CC[C@]43C)[C@@H]2C1. The number of ketones is 1. The number of rotatable bonds is 1. The highest BCUT2D eigenvalue weighted by Crippen LogP contribution is 2.75. The van der Waals surface area contributed by atoms with Crippen LogP contribution in [0.1, 0.15) is 113 Å². The Balaban J connectivity index is 1.58. The molecule has 0 unspecified atom stereocenters. The summed E-state index contributed by atoms with van der Waals surface area (Å²) < 4.78 is 0. The van der Waals surface area contributed by atoms with Crippen LogP contribution < -0.4 is 0 Å². The van der Waals surface area contributed by atoms with E-state index >= 15 is 0 Å². The molecule has 0 spiro atoms. The molecule has 0 aromatic carbocycles. The third-order valence-electron chi connectivity index (χ3n) is 13.0. The second kappa shape index (κ2) is 6.73. The first-order chi connectivity index (χ1) is 14.8. The lowest BCUT2D eigenvalue weighted by molar-refractivity contribution is -0.191. The van der Waals surface area contributed by atoms with Crippen molar-refractivity contribution in [2.75, 3.05) is 6.61 Å². The Hall–Kier alpha value is -0.630. The lowest BCUT2D eigenvalue weighted by Gasteiger charge is -2.70. The first-order valence-electron chi connectivity index (χ1n) is 13.6. The van der Waals surface area contributed by atoms with Crippen molar-refractivity contribution in [2.24, 2.45) is 50.2 Å². The number of aliphatic hydroxyl groups is 1. The van der Waals surface area contributed by atoms with Crippen LogP contribution in [0.4, 0.5) is 0 Å². The number of hydrogen-bond acceptors (Lipinski definition) is 2. The minimum absolute atomic E-state index is 0.0173. The van der Waals surface area contributed by atoms with E-state index in [4.69, 9.17) is 0 Å². The predicted octanol–water partition coefficient (Wildman–Crippen LogP) is 7.35. The van der Waals surface area contributed by atoms with E-state index in [9.17, 15) is 9.90 Å². The van der Waals surface area contributed by atoms with Crippen molar-refractivity contribution in [3.63, 3.8) is 0 Å². The Morgan fingerprint density at radius 3 is 2.28 bits per heavy atom. The highest BCUT2D eigenvalue weighted by molar-refractivity contribution is 5.86. The third-order valence-corrected chi connectivity index (χ3v) is 13.0. The van der Waals surface area contributed by atoms with Gasteiger partial charge in [0, 0.05) is 6.42 Å². The normalized spacial score (nSPS) is 54.6. The number of allylic oxidation sites excluding steroid dienone is 2. The van der Waals surface area contributed by atoms with Gasteiger partial charge in [-0.25, -0.2) is 0 Å². The highest BCUT2D eigenvalue weighted by atomic mass is 16.3. The summed E-state index contributed by atoms with van der Waals surface area (Å²) in [7, 11) is 0. The third kappa shape index (κ3) is 2.71. The van der Waals surface area contributed by atoms with Crippen molar-refractivity contribution in [2.45, 2.75) is 113 Å². The molecule has 5 aliphatic carbocycles. The van der Waals surface area contributed by atoms with E-state index in [0.717, 1.165) is 18.8 Å². The van der Waals surface area contributed by atoms with Crippen LogP contribution in [-0.2, 0) is 4.79 Å². The Kier molecular flexibility index (Phi) is 4.87. The van der Waals surface area contributed by atoms with Crippen molar-refractivity contribution < 1.29 is 9.90 Å². The number of hydrogen-bond donors (Lipinski definition) is 1.